The zero-order chi connectivity index (χ0) is 18.4. The lowest BCUT2D eigenvalue weighted by atomic mass is 10.1. The van der Waals surface area contributed by atoms with Crippen LogP contribution in [-0.2, 0) is 11.3 Å². The van der Waals surface area contributed by atoms with Gasteiger partial charge in [-0.15, -0.1) is 0 Å². The van der Waals surface area contributed by atoms with E-state index in [4.69, 9.17) is 14.2 Å². The molecule has 1 aromatic heterocycles. The van der Waals surface area contributed by atoms with Crippen molar-refractivity contribution in [2.45, 2.75) is 25.5 Å². The quantitative estimate of drug-likeness (QED) is 0.763. The summed E-state index contributed by atoms with van der Waals surface area (Å²) in [6.45, 7) is 1.63. The van der Waals surface area contributed by atoms with Crippen LogP contribution in [0.3, 0.4) is 0 Å². The van der Waals surface area contributed by atoms with Crippen LogP contribution < -0.4 is 9.47 Å². The highest BCUT2D eigenvalue weighted by molar-refractivity contribution is 5.96. The van der Waals surface area contributed by atoms with E-state index in [1.54, 1.807) is 31.2 Å². The van der Waals surface area contributed by atoms with Crippen molar-refractivity contribution in [3.8, 4) is 11.6 Å². The molecule has 138 valence electrons. The third kappa shape index (κ3) is 4.52. The SMILES string of the molecule is COc1cccc(CN(C)C(=O)c2ccccc2OCC2CCCO2)n1. The molecule has 0 saturated carbocycles. The molecule has 6 nitrogen and oxygen atoms in total. The average Bonchev–Trinajstić information content (AvgIpc) is 3.19. The van der Waals surface area contributed by atoms with Crippen LogP contribution in [0.4, 0.5) is 0 Å². The summed E-state index contributed by atoms with van der Waals surface area (Å²) in [5.41, 5.74) is 1.30. The van der Waals surface area contributed by atoms with E-state index in [1.807, 2.05) is 30.3 Å². The standard InChI is InChI=1S/C20H24N2O4/c1-22(13-15-7-5-11-19(21-15)24-2)20(23)17-9-3-4-10-18(17)26-14-16-8-6-12-25-16/h3-5,7,9-11,16H,6,8,12-14H2,1-2H3. The fourth-order valence-corrected chi connectivity index (χ4v) is 2.91. The maximum Gasteiger partial charge on any atom is 0.257 e. The number of nitrogens with zero attached hydrogens (tertiary/aromatic N) is 2. The zero-order valence-corrected chi connectivity index (χ0v) is 15.2. The van der Waals surface area contributed by atoms with E-state index >= 15 is 0 Å². The van der Waals surface area contributed by atoms with Crippen LogP contribution in [0.2, 0.25) is 0 Å². The van der Waals surface area contributed by atoms with Crippen LogP contribution in [0.25, 0.3) is 0 Å². The van der Waals surface area contributed by atoms with Crippen molar-refractivity contribution < 1.29 is 19.0 Å². The molecule has 26 heavy (non-hydrogen) atoms. The van der Waals surface area contributed by atoms with Crippen molar-refractivity contribution >= 4 is 5.91 Å². The minimum atomic E-state index is -0.113. The van der Waals surface area contributed by atoms with Gasteiger partial charge in [0.2, 0.25) is 5.88 Å². The summed E-state index contributed by atoms with van der Waals surface area (Å²) in [5.74, 6) is 1.000. The van der Waals surface area contributed by atoms with E-state index in [1.165, 1.54) is 0 Å². The summed E-state index contributed by atoms with van der Waals surface area (Å²) < 4.78 is 16.6. The molecule has 0 aliphatic carbocycles. The Bertz CT molecular complexity index is 744. The van der Waals surface area contributed by atoms with Crippen molar-refractivity contribution in [2.75, 3.05) is 27.4 Å². The van der Waals surface area contributed by atoms with Gasteiger partial charge in [-0.05, 0) is 31.0 Å². The van der Waals surface area contributed by atoms with Gasteiger partial charge in [-0.2, -0.15) is 0 Å². The molecular formula is C20H24N2O4. The van der Waals surface area contributed by atoms with Crippen molar-refractivity contribution in [2.24, 2.45) is 0 Å². The Kier molecular flexibility index (Phi) is 6.07. The molecule has 1 unspecified atom stereocenters. The van der Waals surface area contributed by atoms with Crippen molar-refractivity contribution in [1.82, 2.24) is 9.88 Å². The van der Waals surface area contributed by atoms with Gasteiger partial charge in [0.1, 0.15) is 12.4 Å². The smallest absolute Gasteiger partial charge is 0.257 e. The summed E-state index contributed by atoms with van der Waals surface area (Å²) in [4.78, 5) is 18.9. The van der Waals surface area contributed by atoms with Crippen molar-refractivity contribution in [3.05, 3.63) is 53.7 Å². The first kappa shape index (κ1) is 18.2. The fourth-order valence-electron chi connectivity index (χ4n) is 2.91. The minimum absolute atomic E-state index is 0.108. The number of carbonyl (C=O) groups is 1. The van der Waals surface area contributed by atoms with E-state index < -0.39 is 0 Å². The summed E-state index contributed by atoms with van der Waals surface area (Å²) in [6.07, 6.45) is 2.17. The van der Waals surface area contributed by atoms with E-state index in [9.17, 15) is 4.79 Å². The van der Waals surface area contributed by atoms with E-state index in [2.05, 4.69) is 4.98 Å². The maximum atomic E-state index is 12.9. The van der Waals surface area contributed by atoms with Crippen molar-refractivity contribution in [3.63, 3.8) is 0 Å². The number of amides is 1. The summed E-state index contributed by atoms with van der Waals surface area (Å²) in [5, 5.41) is 0. The molecule has 1 atom stereocenters. The molecule has 1 aromatic carbocycles. The first-order valence-corrected chi connectivity index (χ1v) is 8.76. The first-order chi connectivity index (χ1) is 12.7. The normalized spacial score (nSPS) is 16.3. The monoisotopic (exact) mass is 356 g/mol. The molecule has 0 spiro atoms. The van der Waals surface area contributed by atoms with Gasteiger partial charge in [0.15, 0.2) is 0 Å². The number of methoxy groups -OCH3 is 1. The van der Waals surface area contributed by atoms with Crippen LogP contribution in [0.15, 0.2) is 42.5 Å². The lowest BCUT2D eigenvalue weighted by Crippen LogP contribution is -2.27. The minimum Gasteiger partial charge on any atom is -0.490 e. The topological polar surface area (TPSA) is 60.9 Å². The van der Waals surface area contributed by atoms with Gasteiger partial charge >= 0.3 is 0 Å². The molecule has 2 heterocycles. The molecular weight excluding hydrogens is 332 g/mol. The predicted octanol–water partition coefficient (Wildman–Crippen LogP) is 2.92. The molecule has 1 aliphatic heterocycles. The number of pyridine rings is 1. The van der Waals surface area contributed by atoms with Gasteiger partial charge in [-0.25, -0.2) is 4.98 Å². The molecule has 2 aromatic rings. The van der Waals surface area contributed by atoms with Crippen LogP contribution in [-0.4, -0.2) is 49.3 Å². The highest BCUT2D eigenvalue weighted by Gasteiger charge is 2.20. The molecule has 0 N–H and O–H groups in total. The molecule has 1 aliphatic rings. The van der Waals surface area contributed by atoms with Gasteiger partial charge in [0.05, 0.1) is 31.0 Å². The number of carbonyl (C=O) groups excluding carboxylic acids is 1. The van der Waals surface area contributed by atoms with Gasteiger partial charge in [0.25, 0.3) is 5.91 Å². The Balaban J connectivity index is 1.67. The van der Waals surface area contributed by atoms with Gasteiger partial charge in [0, 0.05) is 19.7 Å². The molecule has 6 heteroatoms. The van der Waals surface area contributed by atoms with E-state index in [0.29, 0.717) is 30.3 Å². The number of benzene rings is 1. The van der Waals surface area contributed by atoms with Gasteiger partial charge in [-0.3, -0.25) is 4.79 Å². The highest BCUT2D eigenvalue weighted by Crippen LogP contribution is 2.22. The number of aromatic nitrogens is 1. The summed E-state index contributed by atoms with van der Waals surface area (Å²) in [7, 11) is 3.32. The second kappa shape index (κ2) is 8.67. The number of hydrogen-bond acceptors (Lipinski definition) is 5. The predicted molar refractivity (Wildman–Crippen MR) is 97.5 cm³/mol. The Morgan fingerprint density at radius 3 is 2.88 bits per heavy atom. The number of ether oxygens (including phenoxy) is 3. The van der Waals surface area contributed by atoms with Crippen LogP contribution in [0, 0.1) is 0 Å². The molecule has 1 saturated heterocycles. The average molecular weight is 356 g/mol. The largest absolute Gasteiger partial charge is 0.490 e. The number of para-hydroxylation sites is 1. The zero-order valence-electron chi connectivity index (χ0n) is 15.2. The third-order valence-electron chi connectivity index (χ3n) is 4.30. The van der Waals surface area contributed by atoms with Crippen molar-refractivity contribution in [1.29, 1.82) is 0 Å². The van der Waals surface area contributed by atoms with Gasteiger partial charge < -0.3 is 19.1 Å². The first-order valence-electron chi connectivity index (χ1n) is 8.76. The molecule has 1 fully saturated rings. The second-order valence-electron chi connectivity index (χ2n) is 6.27. The number of rotatable bonds is 7. The third-order valence-corrected chi connectivity index (χ3v) is 4.30. The molecule has 3 rings (SSSR count). The van der Waals surface area contributed by atoms with Gasteiger partial charge in [-0.1, -0.05) is 18.2 Å². The fraction of sp³-hybridized carbons (Fsp3) is 0.400. The molecule has 0 bridgehead atoms. The van der Waals surface area contributed by atoms with Crippen LogP contribution in [0.5, 0.6) is 11.6 Å². The summed E-state index contributed by atoms with van der Waals surface area (Å²) in [6, 6.07) is 12.8. The molecule has 0 radical (unpaired) electrons. The number of hydrogen-bond donors (Lipinski definition) is 0. The van der Waals surface area contributed by atoms with Crippen LogP contribution >= 0.6 is 0 Å². The maximum absolute atomic E-state index is 12.9. The lowest BCUT2D eigenvalue weighted by molar-refractivity contribution is 0.0656. The highest BCUT2D eigenvalue weighted by atomic mass is 16.5. The Morgan fingerprint density at radius 2 is 2.12 bits per heavy atom. The summed E-state index contributed by atoms with van der Waals surface area (Å²) >= 11 is 0. The van der Waals surface area contributed by atoms with Crippen LogP contribution in [0.1, 0.15) is 28.9 Å². The molecule has 1 amide bonds. The second-order valence-corrected chi connectivity index (χ2v) is 6.27. The lowest BCUT2D eigenvalue weighted by Gasteiger charge is -2.20. The Labute approximate surface area is 153 Å². The van der Waals surface area contributed by atoms with E-state index in [-0.39, 0.29) is 12.0 Å². The van der Waals surface area contributed by atoms with E-state index in [0.717, 1.165) is 25.1 Å². The Hall–Kier alpha value is -2.60. The Morgan fingerprint density at radius 1 is 1.27 bits per heavy atom.